The Bertz CT molecular complexity index is 3130. The number of rotatable bonds is 20. The number of urea groups is 1. The number of amides is 7. The van der Waals surface area contributed by atoms with Crippen LogP contribution in [-0.4, -0.2) is 101 Å². The molecule has 3 aliphatic rings. The number of aromatic nitrogens is 5. The number of esters is 1. The quantitative estimate of drug-likeness (QED) is 0.0364. The first-order valence-corrected chi connectivity index (χ1v) is 24.1. The largest absolute Gasteiger partial charge is 0.458 e. The SMILES string of the molecule is CC[C@@]1(O)C(=O)OCc2c1cc1n(c2=O)Cc2c-1nc1cc(F)c(C)cc1c2Cn1cc(-c2ccc(NC(=O)[C@H](CCCNC(N)=O)NC(=O)[C@@H](NC(=O)CCCCCN3C(=O)C=CC3=O)C(C)C)cc2)nn1. The van der Waals surface area contributed by atoms with E-state index in [-0.39, 0.29) is 93.2 Å². The van der Waals surface area contributed by atoms with Crippen LogP contribution in [0.1, 0.15) is 93.5 Å². The number of nitrogens with one attached hydrogen (secondary N) is 4. The molecule has 3 atom stereocenters. The summed E-state index contributed by atoms with van der Waals surface area (Å²) in [5.74, 6) is -3.90. The minimum Gasteiger partial charge on any atom is -0.458 e. The zero-order chi connectivity index (χ0) is 52.3. The molecule has 0 unspecified atom stereocenters. The Balaban J connectivity index is 0.949. The molecule has 0 radical (unpaired) electrons. The van der Waals surface area contributed by atoms with Crippen LogP contribution in [0.15, 0.2) is 65.6 Å². The summed E-state index contributed by atoms with van der Waals surface area (Å²) >= 11 is 0. The van der Waals surface area contributed by atoms with E-state index in [1.807, 2.05) is 0 Å². The minimum atomic E-state index is -2.02. The number of halogens is 1. The van der Waals surface area contributed by atoms with Gasteiger partial charge in [0.1, 0.15) is 30.2 Å². The number of hydrogen-bond donors (Lipinski definition) is 6. The molecule has 0 fully saturated rings. The molecule has 0 saturated heterocycles. The van der Waals surface area contributed by atoms with Crippen molar-refractivity contribution >= 4 is 58.1 Å². The van der Waals surface area contributed by atoms with E-state index in [2.05, 4.69) is 31.6 Å². The van der Waals surface area contributed by atoms with E-state index in [1.54, 1.807) is 75.0 Å². The summed E-state index contributed by atoms with van der Waals surface area (Å²) in [4.78, 5) is 108. The van der Waals surface area contributed by atoms with E-state index in [1.165, 1.54) is 22.8 Å². The fraction of sp³-hybridized carbons (Fsp3) is 0.392. The Morgan fingerprint density at radius 2 is 1.68 bits per heavy atom. The summed E-state index contributed by atoms with van der Waals surface area (Å²) in [5.41, 5.74) is 7.52. The Labute approximate surface area is 417 Å². The van der Waals surface area contributed by atoms with Crippen LogP contribution in [0.25, 0.3) is 33.5 Å². The van der Waals surface area contributed by atoms with E-state index in [9.17, 15) is 43.5 Å². The van der Waals surface area contributed by atoms with E-state index in [4.69, 9.17) is 15.5 Å². The van der Waals surface area contributed by atoms with Gasteiger partial charge in [-0.3, -0.25) is 33.7 Å². The average molecular weight is 1000 g/mol. The maximum absolute atomic E-state index is 15.1. The van der Waals surface area contributed by atoms with Crippen LogP contribution >= 0.6 is 0 Å². The molecular weight excluding hydrogens is 946 g/mol. The van der Waals surface area contributed by atoms with Crippen molar-refractivity contribution < 1.29 is 47.8 Å². The molecule has 3 aliphatic heterocycles. The molecule has 22 heteroatoms. The van der Waals surface area contributed by atoms with Crippen molar-refractivity contribution in [3.63, 3.8) is 0 Å². The van der Waals surface area contributed by atoms with Gasteiger partial charge in [-0.05, 0) is 80.3 Å². The number of carbonyl (C=O) groups is 7. The van der Waals surface area contributed by atoms with Gasteiger partial charge in [-0.15, -0.1) is 5.10 Å². The highest BCUT2D eigenvalue weighted by molar-refractivity contribution is 6.12. The fourth-order valence-electron chi connectivity index (χ4n) is 9.31. The van der Waals surface area contributed by atoms with E-state index >= 15 is 4.39 Å². The predicted molar refractivity (Wildman–Crippen MR) is 262 cm³/mol. The van der Waals surface area contributed by atoms with Crippen molar-refractivity contribution in [2.24, 2.45) is 11.7 Å². The normalized spacial score (nSPS) is 16.5. The highest BCUT2D eigenvalue weighted by atomic mass is 19.1. The van der Waals surface area contributed by atoms with E-state index < -0.39 is 52.9 Å². The molecule has 8 rings (SSSR count). The molecule has 21 nitrogen and oxygen atoms in total. The summed E-state index contributed by atoms with van der Waals surface area (Å²) in [7, 11) is 0. The Morgan fingerprint density at radius 1 is 0.945 bits per heavy atom. The molecule has 7 N–H and O–H groups in total. The second kappa shape index (κ2) is 21.3. The number of primary amides is 1. The Morgan fingerprint density at radius 3 is 2.38 bits per heavy atom. The van der Waals surface area contributed by atoms with Crippen molar-refractivity contribution in [1.29, 1.82) is 0 Å². The number of nitrogens with zero attached hydrogens (tertiary/aromatic N) is 6. The topological polar surface area (TPSA) is 292 Å². The number of imide groups is 1. The van der Waals surface area contributed by atoms with Crippen LogP contribution in [0.5, 0.6) is 0 Å². The van der Waals surface area contributed by atoms with Crippen LogP contribution in [0, 0.1) is 18.7 Å². The van der Waals surface area contributed by atoms with Gasteiger partial charge < -0.3 is 41.4 Å². The molecule has 7 amide bonds. The smallest absolute Gasteiger partial charge is 0.343 e. The number of nitrogens with two attached hydrogens (primary N) is 1. The number of ether oxygens (including phenoxy) is 1. The number of benzene rings is 2. The third-order valence-corrected chi connectivity index (χ3v) is 13.4. The molecule has 0 bridgehead atoms. The molecule has 0 aliphatic carbocycles. The lowest BCUT2D eigenvalue weighted by molar-refractivity contribution is -0.172. The maximum Gasteiger partial charge on any atom is 0.343 e. The fourth-order valence-corrected chi connectivity index (χ4v) is 9.31. The first-order valence-electron chi connectivity index (χ1n) is 24.1. The molecule has 2 aromatic carbocycles. The number of unbranched alkanes of at least 4 members (excludes halogenated alkanes) is 2. The van der Waals surface area contributed by atoms with Crippen molar-refractivity contribution in [3.8, 4) is 22.6 Å². The molecule has 382 valence electrons. The van der Waals surface area contributed by atoms with Crippen molar-refractivity contribution in [2.45, 2.75) is 110 Å². The predicted octanol–water partition coefficient (Wildman–Crippen LogP) is 3.33. The van der Waals surface area contributed by atoms with Gasteiger partial charge in [0.05, 0.1) is 41.8 Å². The minimum absolute atomic E-state index is 0.0242. The first-order chi connectivity index (χ1) is 34.9. The molecule has 6 heterocycles. The number of pyridine rings is 2. The van der Waals surface area contributed by atoms with Gasteiger partial charge in [-0.25, -0.2) is 23.6 Å². The summed E-state index contributed by atoms with van der Waals surface area (Å²) < 4.78 is 23.4. The summed E-state index contributed by atoms with van der Waals surface area (Å²) in [6, 6.07) is 8.60. The molecular formula is C51H56FN11O10. The third-order valence-electron chi connectivity index (χ3n) is 13.4. The van der Waals surface area contributed by atoms with Gasteiger partial charge in [0.2, 0.25) is 17.7 Å². The summed E-state index contributed by atoms with van der Waals surface area (Å²) in [5, 5.41) is 31.7. The Kier molecular flexibility index (Phi) is 14.9. The second-order valence-corrected chi connectivity index (χ2v) is 18.8. The van der Waals surface area contributed by atoms with Crippen LogP contribution in [0.2, 0.25) is 0 Å². The van der Waals surface area contributed by atoms with Crippen molar-refractivity contribution in [3.05, 3.63) is 105 Å². The number of carbonyl (C=O) groups excluding carboxylic acids is 7. The molecule has 0 spiro atoms. The van der Waals surface area contributed by atoms with Gasteiger partial charge in [0.25, 0.3) is 17.4 Å². The average Bonchev–Trinajstić information content (AvgIpc) is 4.07. The Hall–Kier alpha value is -8.14. The molecule has 73 heavy (non-hydrogen) atoms. The monoisotopic (exact) mass is 1000 g/mol. The number of fused-ring (bicyclic) bond motifs is 5. The number of anilines is 1. The van der Waals surface area contributed by atoms with Crippen LogP contribution < -0.4 is 32.6 Å². The van der Waals surface area contributed by atoms with Gasteiger partial charge >= 0.3 is 12.0 Å². The number of aliphatic hydroxyl groups is 1. The third kappa shape index (κ3) is 10.7. The standard InChI is InChI=1S/C51H56FN11O10/c1-5-51(72)35-21-40-45-33(24-63(40)48(69)34(35)26-73-49(51)70)32(31-20-28(4)36(52)22-38(31)56-45)23-61-25-39(59-60-61)29-12-14-30(15-13-29)55-46(67)37(10-9-18-54-50(53)71)57-47(68)44(27(2)3)58-41(64)11-7-6-8-19-62-42(65)16-17-43(62)66/h12-17,20-22,25,27,37,44,72H,5-11,18-19,23-24,26H2,1-4H3,(H,55,67)(H,57,68)(H,58,64)(H3,53,54,71)/t37-,44-,51-/m0/s1. The zero-order valence-corrected chi connectivity index (χ0v) is 40.8. The highest BCUT2D eigenvalue weighted by Gasteiger charge is 2.45. The summed E-state index contributed by atoms with van der Waals surface area (Å²) in [6.07, 6.45) is 6.18. The van der Waals surface area contributed by atoms with Gasteiger partial charge in [-0.1, -0.05) is 44.5 Å². The van der Waals surface area contributed by atoms with Crippen molar-refractivity contribution in [1.82, 2.24) is 45.4 Å². The van der Waals surface area contributed by atoms with Crippen LogP contribution in [-0.2, 0) is 58.8 Å². The van der Waals surface area contributed by atoms with Gasteiger partial charge in [-0.2, -0.15) is 0 Å². The summed E-state index contributed by atoms with van der Waals surface area (Å²) in [6.45, 7) is 7.14. The lowest BCUT2D eigenvalue weighted by Gasteiger charge is -2.31. The van der Waals surface area contributed by atoms with Crippen LogP contribution in [0.4, 0.5) is 14.9 Å². The number of aryl methyl sites for hydroxylation is 1. The maximum atomic E-state index is 15.1. The highest BCUT2D eigenvalue weighted by Crippen LogP contribution is 2.41. The van der Waals surface area contributed by atoms with E-state index in [0.717, 1.165) is 4.90 Å². The van der Waals surface area contributed by atoms with Gasteiger partial charge in [0.15, 0.2) is 5.60 Å². The lowest BCUT2D eigenvalue weighted by Crippen LogP contribution is -2.54. The van der Waals surface area contributed by atoms with E-state index in [0.29, 0.717) is 75.2 Å². The lowest BCUT2D eigenvalue weighted by atomic mass is 9.86. The van der Waals surface area contributed by atoms with Crippen molar-refractivity contribution in [2.75, 3.05) is 18.4 Å². The molecule has 3 aromatic heterocycles. The van der Waals surface area contributed by atoms with Crippen LogP contribution in [0.3, 0.4) is 0 Å². The molecule has 0 saturated carbocycles. The molecule has 5 aromatic rings. The second-order valence-electron chi connectivity index (χ2n) is 18.8. The zero-order valence-electron chi connectivity index (χ0n) is 40.8. The van der Waals surface area contributed by atoms with Gasteiger partial charge in [0, 0.05) is 65.5 Å². The first kappa shape index (κ1) is 51.2. The number of hydrogen-bond acceptors (Lipinski definition) is 13. The number of cyclic esters (lactones) is 1.